The lowest BCUT2D eigenvalue weighted by atomic mass is 9.86. The fourth-order valence-electron chi connectivity index (χ4n) is 2.05. The molecule has 20 heavy (non-hydrogen) atoms. The van der Waals surface area contributed by atoms with Gasteiger partial charge in [0.25, 0.3) is 0 Å². The third-order valence-electron chi connectivity index (χ3n) is 3.14. The lowest BCUT2D eigenvalue weighted by Gasteiger charge is -2.23. The molecule has 0 spiro atoms. The van der Waals surface area contributed by atoms with Crippen molar-refractivity contribution in [3.8, 4) is 11.5 Å². The first-order chi connectivity index (χ1) is 9.27. The summed E-state index contributed by atoms with van der Waals surface area (Å²) in [6, 6.07) is 10.2. The summed E-state index contributed by atoms with van der Waals surface area (Å²) in [7, 11) is 0. The van der Waals surface area contributed by atoms with Gasteiger partial charge in [0.05, 0.1) is 5.69 Å². The van der Waals surface area contributed by atoms with Crippen LogP contribution < -0.4 is 10.5 Å². The Balaban J connectivity index is 2.47. The average molecular weight is 273 g/mol. The van der Waals surface area contributed by atoms with E-state index in [2.05, 4.69) is 20.8 Å². The van der Waals surface area contributed by atoms with E-state index in [1.165, 1.54) is 18.2 Å². The Morgan fingerprint density at radius 1 is 1.00 bits per heavy atom. The summed E-state index contributed by atoms with van der Waals surface area (Å²) in [5.74, 6) is 0.704. The monoisotopic (exact) mass is 273 g/mol. The fraction of sp³-hybridized carbons (Fsp3) is 0.294. The second kappa shape index (κ2) is 5.16. The van der Waals surface area contributed by atoms with Crippen molar-refractivity contribution in [2.24, 2.45) is 0 Å². The molecule has 0 amide bonds. The number of halogens is 1. The van der Waals surface area contributed by atoms with Crippen molar-refractivity contribution in [3.05, 3.63) is 53.3 Å². The summed E-state index contributed by atoms with van der Waals surface area (Å²) in [5, 5.41) is 0. The largest absolute Gasteiger partial charge is 0.455 e. The maximum absolute atomic E-state index is 13.3. The highest BCUT2D eigenvalue weighted by molar-refractivity contribution is 5.55. The molecule has 0 radical (unpaired) electrons. The quantitative estimate of drug-likeness (QED) is 0.797. The molecule has 0 aliphatic rings. The molecule has 0 unspecified atom stereocenters. The number of benzene rings is 2. The van der Waals surface area contributed by atoms with E-state index in [0.717, 1.165) is 16.9 Å². The van der Waals surface area contributed by atoms with Crippen LogP contribution >= 0.6 is 0 Å². The zero-order valence-corrected chi connectivity index (χ0v) is 12.3. The SMILES string of the molecule is Cc1ccc(C(C)(C)C)c(Oc2cc(F)ccc2N)c1. The lowest BCUT2D eigenvalue weighted by Crippen LogP contribution is -2.12. The van der Waals surface area contributed by atoms with Crippen LogP contribution in [0.3, 0.4) is 0 Å². The highest BCUT2D eigenvalue weighted by Crippen LogP contribution is 2.36. The predicted molar refractivity (Wildman–Crippen MR) is 80.8 cm³/mol. The van der Waals surface area contributed by atoms with Crippen LogP contribution in [0.5, 0.6) is 11.5 Å². The van der Waals surface area contributed by atoms with Gasteiger partial charge in [-0.3, -0.25) is 0 Å². The predicted octanol–water partition coefficient (Wildman–Crippen LogP) is 4.81. The molecule has 2 N–H and O–H groups in total. The van der Waals surface area contributed by atoms with Gasteiger partial charge in [-0.25, -0.2) is 4.39 Å². The normalized spacial score (nSPS) is 11.4. The Labute approximate surface area is 119 Å². The molecular weight excluding hydrogens is 253 g/mol. The molecule has 0 aromatic heterocycles. The van der Waals surface area contributed by atoms with Gasteiger partial charge in [-0.1, -0.05) is 32.9 Å². The molecule has 2 aromatic carbocycles. The van der Waals surface area contributed by atoms with Crippen molar-refractivity contribution >= 4 is 5.69 Å². The van der Waals surface area contributed by atoms with E-state index < -0.39 is 0 Å². The van der Waals surface area contributed by atoms with Gasteiger partial charge in [0, 0.05) is 11.6 Å². The molecule has 0 atom stereocenters. The first-order valence-corrected chi connectivity index (χ1v) is 6.61. The van der Waals surface area contributed by atoms with Crippen LogP contribution in [-0.2, 0) is 5.41 Å². The minimum atomic E-state index is -0.362. The summed E-state index contributed by atoms with van der Waals surface area (Å²) in [4.78, 5) is 0. The fourth-order valence-corrected chi connectivity index (χ4v) is 2.05. The Morgan fingerprint density at radius 2 is 1.70 bits per heavy atom. The van der Waals surface area contributed by atoms with Crippen LogP contribution in [-0.4, -0.2) is 0 Å². The second-order valence-corrected chi connectivity index (χ2v) is 6.03. The number of hydrogen-bond donors (Lipinski definition) is 1. The van der Waals surface area contributed by atoms with Crippen molar-refractivity contribution in [1.29, 1.82) is 0 Å². The van der Waals surface area contributed by atoms with E-state index in [1.54, 1.807) is 0 Å². The van der Waals surface area contributed by atoms with E-state index >= 15 is 0 Å². The molecule has 2 aromatic rings. The molecular formula is C17H20FNO. The van der Waals surface area contributed by atoms with Gasteiger partial charge in [-0.15, -0.1) is 0 Å². The van der Waals surface area contributed by atoms with Gasteiger partial charge < -0.3 is 10.5 Å². The van der Waals surface area contributed by atoms with Crippen LogP contribution in [0.4, 0.5) is 10.1 Å². The van der Waals surface area contributed by atoms with E-state index in [4.69, 9.17) is 10.5 Å². The standard InChI is InChI=1S/C17H20FNO/c1-11-5-7-13(17(2,3)4)15(9-11)20-16-10-12(18)6-8-14(16)19/h5-10H,19H2,1-4H3. The number of nitrogen functional groups attached to an aromatic ring is 1. The van der Waals surface area contributed by atoms with Crippen LogP contribution in [0.1, 0.15) is 31.9 Å². The van der Waals surface area contributed by atoms with Crippen molar-refractivity contribution < 1.29 is 9.13 Å². The number of nitrogens with two attached hydrogens (primary N) is 1. The van der Waals surface area contributed by atoms with Crippen LogP contribution in [0, 0.1) is 12.7 Å². The van der Waals surface area contributed by atoms with Crippen LogP contribution in [0.15, 0.2) is 36.4 Å². The maximum atomic E-state index is 13.3. The molecule has 3 heteroatoms. The number of rotatable bonds is 2. The summed E-state index contributed by atoms with van der Waals surface area (Å²) >= 11 is 0. The molecule has 2 nitrogen and oxygen atoms in total. The Hall–Kier alpha value is -2.03. The Bertz CT molecular complexity index is 629. The number of hydrogen-bond acceptors (Lipinski definition) is 2. The van der Waals surface area contributed by atoms with Crippen molar-refractivity contribution in [2.75, 3.05) is 5.73 Å². The zero-order chi connectivity index (χ0) is 14.9. The molecule has 0 aliphatic carbocycles. The smallest absolute Gasteiger partial charge is 0.153 e. The van der Waals surface area contributed by atoms with Crippen molar-refractivity contribution in [2.45, 2.75) is 33.1 Å². The molecule has 0 aliphatic heterocycles. The third kappa shape index (κ3) is 3.10. The van der Waals surface area contributed by atoms with E-state index in [1.807, 2.05) is 25.1 Å². The van der Waals surface area contributed by atoms with Crippen molar-refractivity contribution in [1.82, 2.24) is 0 Å². The molecule has 0 fully saturated rings. The second-order valence-electron chi connectivity index (χ2n) is 6.03. The first-order valence-electron chi connectivity index (χ1n) is 6.61. The zero-order valence-electron chi connectivity index (χ0n) is 12.3. The molecule has 2 rings (SSSR count). The van der Waals surface area contributed by atoms with E-state index in [9.17, 15) is 4.39 Å². The topological polar surface area (TPSA) is 35.2 Å². The highest BCUT2D eigenvalue weighted by atomic mass is 19.1. The first kappa shape index (κ1) is 14.4. The minimum absolute atomic E-state index is 0.0644. The molecule has 0 heterocycles. The van der Waals surface area contributed by atoms with E-state index in [-0.39, 0.29) is 11.2 Å². The third-order valence-corrected chi connectivity index (χ3v) is 3.14. The Kier molecular flexibility index (Phi) is 3.71. The van der Waals surface area contributed by atoms with Crippen molar-refractivity contribution in [3.63, 3.8) is 0 Å². The van der Waals surface area contributed by atoms with Crippen LogP contribution in [0.25, 0.3) is 0 Å². The van der Waals surface area contributed by atoms with Crippen LogP contribution in [0.2, 0.25) is 0 Å². The Morgan fingerprint density at radius 3 is 2.35 bits per heavy atom. The highest BCUT2D eigenvalue weighted by Gasteiger charge is 2.20. The lowest BCUT2D eigenvalue weighted by molar-refractivity contribution is 0.453. The van der Waals surface area contributed by atoms with Gasteiger partial charge >= 0.3 is 0 Å². The van der Waals surface area contributed by atoms with Gasteiger partial charge in [0.2, 0.25) is 0 Å². The molecule has 106 valence electrons. The summed E-state index contributed by atoms with van der Waals surface area (Å²) in [6.45, 7) is 8.33. The van der Waals surface area contributed by atoms with E-state index in [0.29, 0.717) is 11.4 Å². The molecule has 0 saturated carbocycles. The number of aryl methyl sites for hydroxylation is 1. The van der Waals surface area contributed by atoms with Gasteiger partial charge in [-0.05, 0) is 36.1 Å². The summed E-state index contributed by atoms with van der Waals surface area (Å²) < 4.78 is 19.2. The van der Waals surface area contributed by atoms with Gasteiger partial charge in [0.15, 0.2) is 5.75 Å². The minimum Gasteiger partial charge on any atom is -0.455 e. The number of ether oxygens (including phenoxy) is 1. The summed E-state index contributed by atoms with van der Waals surface area (Å²) in [6.07, 6.45) is 0. The average Bonchev–Trinajstić information content (AvgIpc) is 2.32. The maximum Gasteiger partial charge on any atom is 0.153 e. The number of anilines is 1. The van der Waals surface area contributed by atoms with Gasteiger partial charge in [0.1, 0.15) is 11.6 Å². The molecule has 0 saturated heterocycles. The molecule has 0 bridgehead atoms. The van der Waals surface area contributed by atoms with Gasteiger partial charge in [-0.2, -0.15) is 0 Å². The summed E-state index contributed by atoms with van der Waals surface area (Å²) in [5.41, 5.74) is 8.35.